The molecule has 1 heterocycles. The quantitative estimate of drug-likeness (QED) is 0.799. The molecule has 5 heteroatoms. The van der Waals surface area contributed by atoms with Crippen LogP contribution in [0, 0.1) is 5.82 Å². The second-order valence-corrected chi connectivity index (χ2v) is 3.78. The van der Waals surface area contributed by atoms with Gasteiger partial charge in [0, 0.05) is 30.7 Å². The van der Waals surface area contributed by atoms with Gasteiger partial charge in [0.25, 0.3) is 0 Å². The van der Waals surface area contributed by atoms with E-state index < -0.39 is 0 Å². The zero-order chi connectivity index (χ0) is 9.97. The van der Waals surface area contributed by atoms with Gasteiger partial charge >= 0.3 is 0 Å². The Morgan fingerprint density at radius 1 is 1.33 bits per heavy atom. The maximum absolute atomic E-state index is 12.8. The molecule has 1 saturated heterocycles. The van der Waals surface area contributed by atoms with Crippen LogP contribution in [0.1, 0.15) is 11.6 Å². The lowest BCUT2D eigenvalue weighted by Gasteiger charge is -2.25. The highest BCUT2D eigenvalue weighted by molar-refractivity contribution is 6.31. The van der Waals surface area contributed by atoms with Crippen molar-refractivity contribution in [1.29, 1.82) is 0 Å². The van der Waals surface area contributed by atoms with Crippen molar-refractivity contribution in [3.63, 3.8) is 0 Å². The Morgan fingerprint density at radius 2 is 2.13 bits per heavy atom. The summed E-state index contributed by atoms with van der Waals surface area (Å²) in [4.78, 5) is 0. The second kappa shape index (κ2) is 5.66. The van der Waals surface area contributed by atoms with Crippen LogP contribution in [0.15, 0.2) is 18.2 Å². The average Bonchev–Trinajstić information content (AvgIpc) is 2.19. The third-order valence-corrected chi connectivity index (χ3v) is 2.71. The summed E-state index contributed by atoms with van der Waals surface area (Å²) >= 11 is 5.96. The first-order valence-electron chi connectivity index (χ1n) is 4.66. The number of hydrogen-bond donors (Lipinski definition) is 2. The standard InChI is InChI=1S/C10H12ClFN2.ClH/c11-9-5-7(12)1-2-8(9)10-6-13-3-4-14-10;/h1-2,5,10,13-14H,3-4,6H2;1H/t10-;/m0./s1. The largest absolute Gasteiger partial charge is 0.314 e. The first-order valence-corrected chi connectivity index (χ1v) is 5.04. The van der Waals surface area contributed by atoms with E-state index in [2.05, 4.69) is 10.6 Å². The van der Waals surface area contributed by atoms with Gasteiger partial charge in [-0.15, -0.1) is 12.4 Å². The Kier molecular flexibility index (Phi) is 4.80. The molecule has 0 unspecified atom stereocenters. The minimum absolute atomic E-state index is 0. The highest BCUT2D eigenvalue weighted by Crippen LogP contribution is 2.24. The SMILES string of the molecule is Cl.Fc1ccc([C@@H]2CNCCN2)c(Cl)c1. The van der Waals surface area contributed by atoms with Gasteiger partial charge in [0.1, 0.15) is 5.82 Å². The molecule has 0 spiro atoms. The van der Waals surface area contributed by atoms with E-state index >= 15 is 0 Å². The molecule has 1 aliphatic heterocycles. The number of hydrogen-bond acceptors (Lipinski definition) is 2. The average molecular weight is 251 g/mol. The van der Waals surface area contributed by atoms with Crippen molar-refractivity contribution in [2.45, 2.75) is 6.04 Å². The van der Waals surface area contributed by atoms with Gasteiger partial charge in [0.05, 0.1) is 0 Å². The monoisotopic (exact) mass is 250 g/mol. The van der Waals surface area contributed by atoms with Crippen LogP contribution in [0.5, 0.6) is 0 Å². The molecule has 0 aromatic heterocycles. The van der Waals surface area contributed by atoms with Crippen molar-refractivity contribution < 1.29 is 4.39 Å². The number of nitrogens with one attached hydrogen (secondary N) is 2. The van der Waals surface area contributed by atoms with Crippen LogP contribution in [0.4, 0.5) is 4.39 Å². The highest BCUT2D eigenvalue weighted by atomic mass is 35.5. The van der Waals surface area contributed by atoms with Crippen molar-refractivity contribution in [3.8, 4) is 0 Å². The summed E-state index contributed by atoms with van der Waals surface area (Å²) in [5.74, 6) is -0.289. The van der Waals surface area contributed by atoms with Crippen LogP contribution >= 0.6 is 24.0 Å². The molecule has 1 atom stereocenters. The fourth-order valence-electron chi connectivity index (χ4n) is 1.66. The second-order valence-electron chi connectivity index (χ2n) is 3.38. The Labute approximate surface area is 99.6 Å². The number of halogens is 3. The molecule has 2 N–H and O–H groups in total. The molecule has 0 bridgehead atoms. The molecule has 1 aromatic rings. The van der Waals surface area contributed by atoms with E-state index in [-0.39, 0.29) is 24.3 Å². The third-order valence-electron chi connectivity index (χ3n) is 2.38. The summed E-state index contributed by atoms with van der Waals surface area (Å²) in [5.41, 5.74) is 0.959. The number of piperazine rings is 1. The van der Waals surface area contributed by atoms with Crippen LogP contribution in [-0.2, 0) is 0 Å². The summed E-state index contributed by atoms with van der Waals surface area (Å²) in [6.45, 7) is 2.72. The summed E-state index contributed by atoms with van der Waals surface area (Å²) in [5, 5.41) is 7.08. The molecule has 0 aliphatic carbocycles. The van der Waals surface area contributed by atoms with Crippen LogP contribution < -0.4 is 10.6 Å². The fraction of sp³-hybridized carbons (Fsp3) is 0.400. The van der Waals surface area contributed by atoms with Crippen molar-refractivity contribution in [2.75, 3.05) is 19.6 Å². The summed E-state index contributed by atoms with van der Waals surface area (Å²) in [6.07, 6.45) is 0. The van der Waals surface area contributed by atoms with Crippen LogP contribution in [0.3, 0.4) is 0 Å². The molecule has 1 aromatic carbocycles. The first kappa shape index (κ1) is 12.7. The van der Waals surface area contributed by atoms with Crippen LogP contribution in [0.25, 0.3) is 0 Å². The zero-order valence-electron chi connectivity index (χ0n) is 8.09. The Bertz CT molecular complexity index is 327. The number of benzene rings is 1. The van der Waals surface area contributed by atoms with Crippen molar-refractivity contribution in [2.24, 2.45) is 0 Å². The van der Waals surface area contributed by atoms with E-state index in [1.54, 1.807) is 6.07 Å². The van der Waals surface area contributed by atoms with E-state index in [1.165, 1.54) is 12.1 Å². The summed E-state index contributed by atoms with van der Waals surface area (Å²) < 4.78 is 12.8. The molecule has 2 rings (SSSR count). The van der Waals surface area contributed by atoms with Gasteiger partial charge in [-0.3, -0.25) is 0 Å². The molecular weight excluding hydrogens is 238 g/mol. The summed E-state index contributed by atoms with van der Waals surface area (Å²) in [6, 6.07) is 4.73. The fourth-order valence-corrected chi connectivity index (χ4v) is 1.96. The van der Waals surface area contributed by atoms with Gasteiger partial charge in [-0.2, -0.15) is 0 Å². The highest BCUT2D eigenvalue weighted by Gasteiger charge is 2.16. The lowest BCUT2D eigenvalue weighted by Crippen LogP contribution is -2.42. The van der Waals surface area contributed by atoms with E-state index in [4.69, 9.17) is 11.6 Å². The van der Waals surface area contributed by atoms with Crippen LogP contribution in [0.2, 0.25) is 5.02 Å². The molecule has 84 valence electrons. The van der Waals surface area contributed by atoms with Crippen molar-refractivity contribution in [1.82, 2.24) is 10.6 Å². The van der Waals surface area contributed by atoms with E-state index in [0.717, 1.165) is 25.2 Å². The predicted molar refractivity (Wildman–Crippen MR) is 62.3 cm³/mol. The molecule has 0 amide bonds. The van der Waals surface area contributed by atoms with Gasteiger partial charge < -0.3 is 10.6 Å². The lowest BCUT2D eigenvalue weighted by molar-refractivity contribution is 0.430. The zero-order valence-corrected chi connectivity index (χ0v) is 9.67. The van der Waals surface area contributed by atoms with E-state index in [0.29, 0.717) is 5.02 Å². The van der Waals surface area contributed by atoms with Crippen molar-refractivity contribution in [3.05, 3.63) is 34.6 Å². The molecule has 1 aliphatic rings. The normalized spacial score (nSPS) is 20.8. The Balaban J connectivity index is 0.00000112. The first-order chi connectivity index (χ1) is 6.77. The third kappa shape index (κ3) is 3.05. The Hall–Kier alpha value is -0.350. The number of rotatable bonds is 1. The maximum atomic E-state index is 12.8. The van der Waals surface area contributed by atoms with Gasteiger partial charge in [0.15, 0.2) is 0 Å². The minimum Gasteiger partial charge on any atom is -0.314 e. The van der Waals surface area contributed by atoms with Gasteiger partial charge in [-0.1, -0.05) is 17.7 Å². The Morgan fingerprint density at radius 3 is 2.73 bits per heavy atom. The summed E-state index contributed by atoms with van der Waals surface area (Å²) in [7, 11) is 0. The van der Waals surface area contributed by atoms with Gasteiger partial charge in [-0.25, -0.2) is 4.39 Å². The molecule has 0 saturated carbocycles. The molecule has 2 nitrogen and oxygen atoms in total. The molecule has 0 radical (unpaired) electrons. The van der Waals surface area contributed by atoms with Gasteiger partial charge in [0.2, 0.25) is 0 Å². The van der Waals surface area contributed by atoms with E-state index in [1.807, 2.05) is 0 Å². The minimum atomic E-state index is -0.289. The maximum Gasteiger partial charge on any atom is 0.124 e. The lowest BCUT2D eigenvalue weighted by atomic mass is 10.1. The molecule has 1 fully saturated rings. The predicted octanol–water partition coefficient (Wildman–Crippen LogP) is 2.13. The van der Waals surface area contributed by atoms with Crippen LogP contribution in [-0.4, -0.2) is 19.6 Å². The van der Waals surface area contributed by atoms with Gasteiger partial charge in [-0.05, 0) is 17.7 Å². The van der Waals surface area contributed by atoms with Crippen molar-refractivity contribution >= 4 is 24.0 Å². The topological polar surface area (TPSA) is 24.1 Å². The molecule has 15 heavy (non-hydrogen) atoms. The smallest absolute Gasteiger partial charge is 0.124 e. The van der Waals surface area contributed by atoms with E-state index in [9.17, 15) is 4.39 Å². The molecular formula is C10H13Cl2FN2.